The molecule has 0 spiro atoms. The first kappa shape index (κ1) is 14.1. The van der Waals surface area contributed by atoms with Crippen molar-refractivity contribution in [1.82, 2.24) is 5.32 Å². The van der Waals surface area contributed by atoms with E-state index in [0.717, 1.165) is 24.7 Å². The van der Waals surface area contributed by atoms with Crippen LogP contribution in [-0.4, -0.2) is 43.6 Å². The van der Waals surface area contributed by atoms with Gasteiger partial charge in [0.1, 0.15) is 0 Å². The predicted octanol–water partition coefficient (Wildman–Crippen LogP) is 1.79. The Bertz CT molecular complexity index is 465. The average molecular weight is 297 g/mol. The molecule has 0 amide bonds. The summed E-state index contributed by atoms with van der Waals surface area (Å²) in [6, 6.07) is 6.72. The highest BCUT2D eigenvalue weighted by atomic mass is 35.5. The van der Waals surface area contributed by atoms with Gasteiger partial charge in [-0.05, 0) is 36.6 Å². The van der Waals surface area contributed by atoms with Gasteiger partial charge in [-0.25, -0.2) is 0 Å². The van der Waals surface area contributed by atoms with Crippen LogP contribution in [0.4, 0.5) is 5.69 Å². The second-order valence-corrected chi connectivity index (χ2v) is 5.99. The van der Waals surface area contributed by atoms with Gasteiger partial charge in [-0.2, -0.15) is 0 Å². The van der Waals surface area contributed by atoms with Crippen LogP contribution in [0.5, 0.6) is 0 Å². The molecule has 1 aliphatic heterocycles. The van der Waals surface area contributed by atoms with E-state index in [1.165, 1.54) is 24.1 Å². The lowest BCUT2D eigenvalue weighted by Crippen LogP contribution is -2.44. The van der Waals surface area contributed by atoms with Gasteiger partial charge >= 0.3 is 0 Å². The van der Waals surface area contributed by atoms with Gasteiger partial charge in [-0.3, -0.25) is 0 Å². The molecule has 1 saturated carbocycles. The van der Waals surface area contributed by atoms with Gasteiger partial charge in [0.2, 0.25) is 0 Å². The van der Waals surface area contributed by atoms with Crippen LogP contribution >= 0.6 is 11.6 Å². The molecule has 110 valence electrons. The van der Waals surface area contributed by atoms with Gasteiger partial charge in [0.05, 0.1) is 19.3 Å². The van der Waals surface area contributed by atoms with Crippen molar-refractivity contribution in [3.05, 3.63) is 28.8 Å². The van der Waals surface area contributed by atoms with E-state index >= 15 is 0 Å². The minimum Gasteiger partial charge on any atom is -0.394 e. The molecule has 0 aromatic heterocycles. The molecule has 1 aromatic carbocycles. The highest BCUT2D eigenvalue weighted by molar-refractivity contribution is 6.30. The standard InChI is InChI=1S/C15H21ClN2O2/c16-12-1-4-15(11(7-12)8-17-13-2-3-13)18-5-6-20-14(9-18)10-19/h1,4,7,13-14,17,19H,2-3,5-6,8-10H2. The van der Waals surface area contributed by atoms with Crippen LogP contribution in [0.1, 0.15) is 18.4 Å². The van der Waals surface area contributed by atoms with Gasteiger partial charge < -0.3 is 20.1 Å². The number of nitrogens with zero attached hydrogens (tertiary/aromatic N) is 1. The molecule has 2 aliphatic rings. The van der Waals surface area contributed by atoms with Crippen LogP contribution in [-0.2, 0) is 11.3 Å². The Balaban J connectivity index is 1.75. The van der Waals surface area contributed by atoms with E-state index in [9.17, 15) is 5.11 Å². The van der Waals surface area contributed by atoms with Crippen molar-refractivity contribution in [2.24, 2.45) is 0 Å². The molecule has 1 saturated heterocycles. The second-order valence-electron chi connectivity index (χ2n) is 5.55. The summed E-state index contributed by atoms with van der Waals surface area (Å²) in [6.45, 7) is 3.16. The number of benzene rings is 1. The van der Waals surface area contributed by atoms with Crippen molar-refractivity contribution in [3.63, 3.8) is 0 Å². The topological polar surface area (TPSA) is 44.7 Å². The van der Waals surface area contributed by atoms with E-state index in [4.69, 9.17) is 16.3 Å². The largest absolute Gasteiger partial charge is 0.394 e. The highest BCUT2D eigenvalue weighted by Gasteiger charge is 2.24. The zero-order valence-corrected chi connectivity index (χ0v) is 12.3. The molecule has 1 atom stereocenters. The van der Waals surface area contributed by atoms with E-state index in [0.29, 0.717) is 12.6 Å². The van der Waals surface area contributed by atoms with E-state index < -0.39 is 0 Å². The molecule has 0 radical (unpaired) electrons. The Morgan fingerprint density at radius 3 is 3.00 bits per heavy atom. The molecule has 2 fully saturated rings. The number of nitrogens with one attached hydrogen (secondary N) is 1. The number of aliphatic hydroxyl groups excluding tert-OH is 1. The molecule has 0 bridgehead atoms. The Hall–Kier alpha value is -0.810. The van der Waals surface area contributed by atoms with Crippen LogP contribution in [0.3, 0.4) is 0 Å². The lowest BCUT2D eigenvalue weighted by atomic mass is 10.1. The van der Waals surface area contributed by atoms with E-state index in [-0.39, 0.29) is 12.7 Å². The van der Waals surface area contributed by atoms with Crippen LogP contribution in [0.25, 0.3) is 0 Å². The third kappa shape index (κ3) is 3.44. The lowest BCUT2D eigenvalue weighted by molar-refractivity contribution is 0.00352. The maximum absolute atomic E-state index is 9.27. The summed E-state index contributed by atoms with van der Waals surface area (Å²) in [5.41, 5.74) is 2.42. The highest BCUT2D eigenvalue weighted by Crippen LogP contribution is 2.27. The molecule has 1 aliphatic carbocycles. The molecular weight excluding hydrogens is 276 g/mol. The van der Waals surface area contributed by atoms with Gasteiger partial charge in [0.25, 0.3) is 0 Å². The summed E-state index contributed by atoms with van der Waals surface area (Å²) in [7, 11) is 0. The van der Waals surface area contributed by atoms with E-state index in [1.807, 2.05) is 12.1 Å². The molecule has 1 aromatic rings. The zero-order valence-electron chi connectivity index (χ0n) is 11.5. The molecule has 5 heteroatoms. The fourth-order valence-electron chi connectivity index (χ4n) is 2.59. The van der Waals surface area contributed by atoms with Gasteiger partial charge in [0.15, 0.2) is 0 Å². The molecular formula is C15H21ClN2O2. The molecule has 1 heterocycles. The molecule has 2 N–H and O–H groups in total. The Kier molecular flexibility index (Phi) is 4.46. The van der Waals surface area contributed by atoms with Crippen LogP contribution in [0.15, 0.2) is 18.2 Å². The van der Waals surface area contributed by atoms with Crippen LogP contribution in [0, 0.1) is 0 Å². The number of aliphatic hydroxyl groups is 1. The Labute approximate surface area is 124 Å². The minimum absolute atomic E-state index is 0.0692. The fourth-order valence-corrected chi connectivity index (χ4v) is 2.79. The summed E-state index contributed by atoms with van der Waals surface area (Å²) in [5.74, 6) is 0. The monoisotopic (exact) mass is 296 g/mol. The van der Waals surface area contributed by atoms with Crippen molar-refractivity contribution >= 4 is 17.3 Å². The second kappa shape index (κ2) is 6.31. The van der Waals surface area contributed by atoms with E-state index in [1.54, 1.807) is 0 Å². The minimum atomic E-state index is -0.0938. The third-order valence-corrected chi connectivity index (χ3v) is 4.12. The SMILES string of the molecule is OCC1CN(c2ccc(Cl)cc2CNC2CC2)CCO1. The maximum Gasteiger partial charge on any atom is 0.0980 e. The Morgan fingerprint density at radius 1 is 1.40 bits per heavy atom. The molecule has 20 heavy (non-hydrogen) atoms. The average Bonchev–Trinajstić information content (AvgIpc) is 3.29. The molecule has 1 unspecified atom stereocenters. The van der Waals surface area contributed by atoms with E-state index in [2.05, 4.69) is 16.3 Å². The van der Waals surface area contributed by atoms with Crippen molar-refractivity contribution in [3.8, 4) is 0 Å². The number of rotatable bonds is 5. The van der Waals surface area contributed by atoms with Crippen molar-refractivity contribution in [2.45, 2.75) is 31.5 Å². The van der Waals surface area contributed by atoms with Crippen molar-refractivity contribution in [2.75, 3.05) is 31.2 Å². The predicted molar refractivity (Wildman–Crippen MR) is 80.4 cm³/mol. The van der Waals surface area contributed by atoms with Crippen LogP contribution in [0.2, 0.25) is 5.02 Å². The quantitative estimate of drug-likeness (QED) is 0.869. The first-order valence-electron chi connectivity index (χ1n) is 7.25. The molecule has 3 rings (SSSR count). The summed E-state index contributed by atoms with van der Waals surface area (Å²) in [5, 5.41) is 13.6. The number of anilines is 1. The number of halogens is 1. The Morgan fingerprint density at radius 2 is 2.25 bits per heavy atom. The lowest BCUT2D eigenvalue weighted by Gasteiger charge is -2.35. The summed E-state index contributed by atoms with van der Waals surface area (Å²) in [4.78, 5) is 2.28. The van der Waals surface area contributed by atoms with Gasteiger partial charge in [-0.15, -0.1) is 0 Å². The van der Waals surface area contributed by atoms with Crippen LogP contribution < -0.4 is 10.2 Å². The number of hydrogen-bond donors (Lipinski definition) is 2. The zero-order chi connectivity index (χ0) is 13.9. The van der Waals surface area contributed by atoms with Crippen molar-refractivity contribution < 1.29 is 9.84 Å². The number of hydrogen-bond acceptors (Lipinski definition) is 4. The summed E-state index contributed by atoms with van der Waals surface area (Å²) < 4.78 is 5.52. The first-order valence-corrected chi connectivity index (χ1v) is 7.63. The number of morpholine rings is 1. The third-order valence-electron chi connectivity index (χ3n) is 3.88. The van der Waals surface area contributed by atoms with Gasteiger partial charge in [0, 0.05) is 36.4 Å². The maximum atomic E-state index is 9.27. The molecule has 4 nitrogen and oxygen atoms in total. The smallest absolute Gasteiger partial charge is 0.0980 e. The number of ether oxygens (including phenoxy) is 1. The fraction of sp³-hybridized carbons (Fsp3) is 0.600. The van der Waals surface area contributed by atoms with Gasteiger partial charge in [-0.1, -0.05) is 11.6 Å². The summed E-state index contributed by atoms with van der Waals surface area (Å²) in [6.07, 6.45) is 2.46. The van der Waals surface area contributed by atoms with Crippen molar-refractivity contribution in [1.29, 1.82) is 0 Å². The first-order chi connectivity index (χ1) is 9.76. The normalized spacial score (nSPS) is 23.1. The summed E-state index contributed by atoms with van der Waals surface area (Å²) >= 11 is 6.13.